The van der Waals surface area contributed by atoms with Gasteiger partial charge in [0.2, 0.25) is 0 Å². The molecule has 5 heteroatoms. The second-order valence-corrected chi connectivity index (χ2v) is 6.76. The number of para-hydroxylation sites is 2. The van der Waals surface area contributed by atoms with Gasteiger partial charge in [-0.2, -0.15) is 0 Å². The Hall–Kier alpha value is -1.98. The van der Waals surface area contributed by atoms with Crippen molar-refractivity contribution in [2.45, 2.75) is 38.5 Å². The van der Waals surface area contributed by atoms with Gasteiger partial charge in [0.25, 0.3) is 5.17 Å². The molecule has 0 aliphatic rings. The molecule has 1 N–H and O–H groups in total. The molecule has 0 unspecified atom stereocenters. The first-order chi connectivity index (χ1) is 12.7. The number of nitrogens with one attached hydrogen (secondary N) is 1. The molecule has 0 atom stereocenters. The lowest BCUT2D eigenvalue weighted by molar-refractivity contribution is 0.519. The van der Waals surface area contributed by atoms with Crippen molar-refractivity contribution in [3.05, 3.63) is 60.7 Å². The monoisotopic (exact) mass is 387 g/mol. The van der Waals surface area contributed by atoms with Crippen LogP contribution in [0.1, 0.15) is 38.5 Å². The lowest BCUT2D eigenvalue weighted by Crippen LogP contribution is -2.27. The summed E-state index contributed by atoms with van der Waals surface area (Å²) in [5.74, 6) is 1.58. The largest absolute Gasteiger partial charge is 0.450 e. The number of ether oxygens (including phenoxy) is 2. The maximum Gasteiger partial charge on any atom is 0.262 e. The highest BCUT2D eigenvalue weighted by atomic mass is 32.1. The minimum absolute atomic E-state index is 0.430. The molecular formula is C21H25NO2S2. The first kappa shape index (κ1) is 20.3. The highest BCUT2D eigenvalue weighted by Crippen LogP contribution is 2.12. The van der Waals surface area contributed by atoms with Gasteiger partial charge in [-0.3, -0.25) is 0 Å². The standard InChI is InChI=1S/C21H25NO2S2/c25-20(23-18-12-6-4-7-13-18)16-10-2-1-3-11-17-22-21(26)24-19-14-8-5-9-15-19/h4-9,12-15H,1-3,10-11,16-17H2,(H,22,26). The van der Waals surface area contributed by atoms with Crippen molar-refractivity contribution in [1.82, 2.24) is 5.32 Å². The van der Waals surface area contributed by atoms with Crippen LogP contribution in [0, 0.1) is 0 Å². The van der Waals surface area contributed by atoms with E-state index in [1.165, 1.54) is 6.42 Å². The van der Waals surface area contributed by atoms with Crippen molar-refractivity contribution in [1.29, 1.82) is 0 Å². The number of thiocarbonyl (C=S) groups is 2. The smallest absolute Gasteiger partial charge is 0.262 e. The van der Waals surface area contributed by atoms with E-state index in [9.17, 15) is 0 Å². The maximum atomic E-state index is 5.63. The summed E-state index contributed by atoms with van der Waals surface area (Å²) in [6.07, 6.45) is 6.47. The molecule has 0 spiro atoms. The molecule has 0 aliphatic carbocycles. The van der Waals surface area contributed by atoms with Crippen LogP contribution in [0.4, 0.5) is 0 Å². The van der Waals surface area contributed by atoms with Crippen LogP contribution < -0.4 is 14.8 Å². The third-order valence-corrected chi connectivity index (χ3v) is 4.27. The van der Waals surface area contributed by atoms with Gasteiger partial charge in [0, 0.05) is 13.0 Å². The third kappa shape index (κ3) is 8.92. The van der Waals surface area contributed by atoms with Crippen LogP contribution in [0.3, 0.4) is 0 Å². The van der Waals surface area contributed by atoms with Crippen molar-refractivity contribution in [3.63, 3.8) is 0 Å². The highest BCUT2D eigenvalue weighted by Gasteiger charge is 2.01. The van der Waals surface area contributed by atoms with E-state index in [0.717, 1.165) is 50.1 Å². The number of hydrogen-bond donors (Lipinski definition) is 1. The van der Waals surface area contributed by atoms with Crippen molar-refractivity contribution in [2.24, 2.45) is 0 Å². The van der Waals surface area contributed by atoms with Crippen LogP contribution in [0.25, 0.3) is 0 Å². The van der Waals surface area contributed by atoms with E-state index < -0.39 is 0 Å². The zero-order valence-electron chi connectivity index (χ0n) is 14.9. The fourth-order valence-electron chi connectivity index (χ4n) is 2.42. The van der Waals surface area contributed by atoms with Crippen molar-refractivity contribution in [3.8, 4) is 11.5 Å². The van der Waals surface area contributed by atoms with Gasteiger partial charge in [0.05, 0.1) is 0 Å². The Bertz CT molecular complexity index is 603. The van der Waals surface area contributed by atoms with Crippen LogP contribution >= 0.6 is 24.4 Å². The summed E-state index contributed by atoms with van der Waals surface area (Å²) >= 11 is 10.5. The fourth-order valence-corrected chi connectivity index (χ4v) is 2.86. The van der Waals surface area contributed by atoms with Crippen molar-refractivity contribution in [2.75, 3.05) is 6.54 Å². The van der Waals surface area contributed by atoms with Gasteiger partial charge in [-0.1, -0.05) is 55.7 Å². The van der Waals surface area contributed by atoms with Crippen molar-refractivity contribution >= 4 is 34.7 Å². The topological polar surface area (TPSA) is 30.5 Å². The summed E-state index contributed by atoms with van der Waals surface area (Å²) in [7, 11) is 0. The van der Waals surface area contributed by atoms with E-state index >= 15 is 0 Å². The molecule has 0 amide bonds. The van der Waals surface area contributed by atoms with E-state index in [-0.39, 0.29) is 0 Å². The summed E-state index contributed by atoms with van der Waals surface area (Å²) in [5.41, 5.74) is 0. The first-order valence-electron chi connectivity index (χ1n) is 9.00. The highest BCUT2D eigenvalue weighted by molar-refractivity contribution is 7.80. The van der Waals surface area contributed by atoms with E-state index in [0.29, 0.717) is 10.2 Å². The number of unbranched alkanes of at least 4 members (excludes halogenated alkanes) is 4. The van der Waals surface area contributed by atoms with Gasteiger partial charge in [0.1, 0.15) is 11.5 Å². The maximum absolute atomic E-state index is 5.63. The van der Waals surface area contributed by atoms with Gasteiger partial charge in [0.15, 0.2) is 5.05 Å². The second-order valence-electron chi connectivity index (χ2n) is 5.93. The molecular weight excluding hydrogens is 362 g/mol. The summed E-state index contributed by atoms with van der Waals surface area (Å²) in [4.78, 5) is 0. The average Bonchev–Trinajstić information content (AvgIpc) is 2.65. The first-order valence-corrected chi connectivity index (χ1v) is 9.82. The van der Waals surface area contributed by atoms with Gasteiger partial charge in [-0.15, -0.1) is 0 Å². The van der Waals surface area contributed by atoms with Crippen LogP contribution in [-0.4, -0.2) is 16.8 Å². The molecule has 0 heterocycles. The minimum Gasteiger partial charge on any atom is -0.450 e. The summed E-state index contributed by atoms with van der Waals surface area (Å²) in [5, 5.41) is 4.23. The minimum atomic E-state index is 0.430. The molecule has 0 bridgehead atoms. The molecule has 0 aliphatic heterocycles. The van der Waals surface area contributed by atoms with Crippen LogP contribution in [0.2, 0.25) is 0 Å². The molecule has 2 rings (SSSR count). The van der Waals surface area contributed by atoms with Crippen LogP contribution in [0.5, 0.6) is 11.5 Å². The molecule has 26 heavy (non-hydrogen) atoms. The Morgan fingerprint density at radius 2 is 1.23 bits per heavy atom. The van der Waals surface area contributed by atoms with E-state index in [1.54, 1.807) is 0 Å². The van der Waals surface area contributed by atoms with Crippen LogP contribution in [-0.2, 0) is 0 Å². The quantitative estimate of drug-likeness (QED) is 0.418. The summed E-state index contributed by atoms with van der Waals surface area (Å²) in [6, 6.07) is 19.3. The molecule has 3 nitrogen and oxygen atoms in total. The number of hydrogen-bond acceptors (Lipinski definition) is 4. The summed E-state index contributed by atoms with van der Waals surface area (Å²) < 4.78 is 11.2. The van der Waals surface area contributed by atoms with Gasteiger partial charge < -0.3 is 14.8 Å². The number of rotatable bonds is 10. The van der Waals surface area contributed by atoms with Gasteiger partial charge >= 0.3 is 0 Å². The van der Waals surface area contributed by atoms with Crippen LogP contribution in [0.15, 0.2) is 60.7 Å². The Labute approximate surface area is 166 Å². The van der Waals surface area contributed by atoms with E-state index in [4.69, 9.17) is 33.9 Å². The molecule has 138 valence electrons. The Balaban J connectivity index is 1.43. The Kier molecular flexibility index (Phi) is 9.69. The zero-order chi connectivity index (χ0) is 18.5. The fraction of sp³-hybridized carbons (Fsp3) is 0.333. The SMILES string of the molecule is S=C(CCCCCCCNC(=S)Oc1ccccc1)Oc1ccccc1. The average molecular weight is 388 g/mol. The second kappa shape index (κ2) is 12.4. The Morgan fingerprint density at radius 3 is 1.88 bits per heavy atom. The normalized spacial score (nSPS) is 10.2. The van der Waals surface area contributed by atoms with Gasteiger partial charge in [-0.05, 0) is 61.5 Å². The van der Waals surface area contributed by atoms with Gasteiger partial charge in [-0.25, -0.2) is 0 Å². The zero-order valence-corrected chi connectivity index (χ0v) is 16.5. The molecule has 0 aromatic heterocycles. The lowest BCUT2D eigenvalue weighted by atomic mass is 10.1. The van der Waals surface area contributed by atoms with Crippen molar-refractivity contribution < 1.29 is 9.47 Å². The molecule has 0 saturated heterocycles. The third-order valence-electron chi connectivity index (χ3n) is 3.76. The molecule has 2 aromatic carbocycles. The number of benzene rings is 2. The molecule has 2 aromatic rings. The molecule has 0 radical (unpaired) electrons. The lowest BCUT2D eigenvalue weighted by Gasteiger charge is -2.09. The summed E-state index contributed by atoms with van der Waals surface area (Å²) in [6.45, 7) is 0.835. The molecule has 0 saturated carbocycles. The van der Waals surface area contributed by atoms with E-state index in [1.807, 2.05) is 60.7 Å². The predicted molar refractivity (Wildman–Crippen MR) is 115 cm³/mol. The van der Waals surface area contributed by atoms with E-state index in [2.05, 4.69) is 5.32 Å². The predicted octanol–water partition coefficient (Wildman–Crippen LogP) is 5.69. The Morgan fingerprint density at radius 1 is 0.692 bits per heavy atom. The molecule has 0 fully saturated rings.